The van der Waals surface area contributed by atoms with E-state index in [1.54, 1.807) is 0 Å². The van der Waals surface area contributed by atoms with Crippen LogP contribution in [0.25, 0.3) is 0 Å². The van der Waals surface area contributed by atoms with Crippen molar-refractivity contribution in [2.75, 3.05) is 6.54 Å². The third-order valence-electron chi connectivity index (χ3n) is 3.55. The molecule has 1 aliphatic rings. The second-order valence-corrected chi connectivity index (χ2v) is 4.95. The Hall–Kier alpha value is -1.61. The zero-order chi connectivity index (χ0) is 13.6. The van der Waals surface area contributed by atoms with Gasteiger partial charge >= 0.3 is 5.97 Å². The van der Waals surface area contributed by atoms with E-state index >= 15 is 0 Å². The van der Waals surface area contributed by atoms with Crippen LogP contribution in [0.1, 0.15) is 31.7 Å². The van der Waals surface area contributed by atoms with E-state index in [9.17, 15) is 4.79 Å². The molecular formula is C16H21NO2. The summed E-state index contributed by atoms with van der Waals surface area (Å²) < 4.78 is 5.48. The summed E-state index contributed by atoms with van der Waals surface area (Å²) in [7, 11) is 0. The summed E-state index contributed by atoms with van der Waals surface area (Å²) in [5.41, 5.74) is 0.511. The highest BCUT2D eigenvalue weighted by Gasteiger charge is 2.41. The first-order chi connectivity index (χ1) is 9.27. The van der Waals surface area contributed by atoms with E-state index in [4.69, 9.17) is 4.74 Å². The van der Waals surface area contributed by atoms with Crippen molar-refractivity contribution in [2.45, 2.75) is 38.3 Å². The van der Waals surface area contributed by atoms with Gasteiger partial charge in [-0.15, -0.1) is 0 Å². The Balaban J connectivity index is 1.96. The van der Waals surface area contributed by atoms with Crippen LogP contribution in [0.3, 0.4) is 0 Å². The van der Waals surface area contributed by atoms with Gasteiger partial charge in [-0.3, -0.25) is 4.79 Å². The highest BCUT2D eigenvalue weighted by Crippen LogP contribution is 2.25. The fraction of sp³-hybridized carbons (Fsp3) is 0.438. The molecule has 1 aromatic carbocycles. The second kappa shape index (κ2) is 6.53. The van der Waals surface area contributed by atoms with Crippen LogP contribution in [-0.4, -0.2) is 18.1 Å². The van der Waals surface area contributed by atoms with Gasteiger partial charge in [0.25, 0.3) is 0 Å². The summed E-state index contributed by atoms with van der Waals surface area (Å²) in [6.07, 6.45) is 6.59. The Bertz CT molecular complexity index is 433. The lowest BCUT2D eigenvalue weighted by Gasteiger charge is -2.25. The monoisotopic (exact) mass is 259 g/mol. The molecule has 0 bridgehead atoms. The van der Waals surface area contributed by atoms with Crippen molar-refractivity contribution in [1.29, 1.82) is 0 Å². The number of rotatable bonds is 5. The molecule has 2 rings (SSSR count). The first kappa shape index (κ1) is 13.8. The number of allylic oxidation sites excluding steroid dienone is 1. The predicted octanol–water partition coefficient (Wildman–Crippen LogP) is 2.82. The summed E-state index contributed by atoms with van der Waals surface area (Å²) in [6, 6.07) is 9.79. The van der Waals surface area contributed by atoms with Crippen molar-refractivity contribution in [3.8, 4) is 0 Å². The molecule has 0 saturated carbocycles. The van der Waals surface area contributed by atoms with E-state index in [2.05, 4.69) is 5.32 Å². The van der Waals surface area contributed by atoms with Crippen molar-refractivity contribution in [2.24, 2.45) is 0 Å². The summed E-state index contributed by atoms with van der Waals surface area (Å²) in [5.74, 6) is -0.132. The Labute approximate surface area is 114 Å². The molecule has 0 amide bonds. The number of hydrogen-bond acceptors (Lipinski definition) is 3. The van der Waals surface area contributed by atoms with Crippen LogP contribution < -0.4 is 5.32 Å². The van der Waals surface area contributed by atoms with E-state index in [1.165, 1.54) is 0 Å². The fourth-order valence-corrected chi connectivity index (χ4v) is 2.42. The Morgan fingerprint density at radius 2 is 2.21 bits per heavy atom. The average Bonchev–Trinajstić information content (AvgIpc) is 2.94. The van der Waals surface area contributed by atoms with E-state index in [-0.39, 0.29) is 5.97 Å². The lowest BCUT2D eigenvalue weighted by molar-refractivity contribution is -0.152. The maximum Gasteiger partial charge on any atom is 0.326 e. The van der Waals surface area contributed by atoms with Crippen molar-refractivity contribution < 1.29 is 9.53 Å². The quantitative estimate of drug-likeness (QED) is 0.652. The number of carbonyl (C=O) groups is 1. The van der Waals surface area contributed by atoms with Crippen molar-refractivity contribution in [3.05, 3.63) is 48.0 Å². The van der Waals surface area contributed by atoms with Crippen LogP contribution in [0, 0.1) is 0 Å². The third kappa shape index (κ3) is 3.44. The molecule has 3 nitrogen and oxygen atoms in total. The summed E-state index contributed by atoms with van der Waals surface area (Å²) >= 11 is 0. The number of ether oxygens (including phenoxy) is 1. The Kier molecular flexibility index (Phi) is 4.74. The van der Waals surface area contributed by atoms with Crippen LogP contribution in [0.5, 0.6) is 0 Å². The van der Waals surface area contributed by atoms with Gasteiger partial charge in [0.2, 0.25) is 0 Å². The number of benzene rings is 1. The van der Waals surface area contributed by atoms with Gasteiger partial charge in [0.05, 0.1) is 0 Å². The number of hydrogen-bond donors (Lipinski definition) is 1. The molecule has 0 aromatic heterocycles. The van der Waals surface area contributed by atoms with E-state index < -0.39 is 5.54 Å². The summed E-state index contributed by atoms with van der Waals surface area (Å²) in [6.45, 7) is 3.20. The fourth-order valence-electron chi connectivity index (χ4n) is 2.42. The lowest BCUT2D eigenvalue weighted by Crippen LogP contribution is -2.48. The molecule has 0 aliphatic carbocycles. The Morgan fingerprint density at radius 1 is 1.42 bits per heavy atom. The average molecular weight is 259 g/mol. The summed E-state index contributed by atoms with van der Waals surface area (Å²) in [5, 5.41) is 3.32. The Morgan fingerprint density at radius 3 is 2.84 bits per heavy atom. The van der Waals surface area contributed by atoms with Crippen molar-refractivity contribution in [3.63, 3.8) is 0 Å². The molecule has 1 aromatic rings. The van der Waals surface area contributed by atoms with Gasteiger partial charge < -0.3 is 10.1 Å². The lowest BCUT2D eigenvalue weighted by atomic mass is 9.93. The molecule has 1 aliphatic heterocycles. The van der Waals surface area contributed by atoms with Crippen molar-refractivity contribution in [1.82, 2.24) is 5.32 Å². The van der Waals surface area contributed by atoms with Crippen LogP contribution in [0.2, 0.25) is 0 Å². The maximum atomic E-state index is 12.3. The molecule has 0 spiro atoms. The smallest absolute Gasteiger partial charge is 0.326 e. The minimum absolute atomic E-state index is 0.132. The van der Waals surface area contributed by atoms with Gasteiger partial charge in [-0.2, -0.15) is 0 Å². The number of nitrogens with one attached hydrogen (secondary N) is 1. The van der Waals surface area contributed by atoms with Crippen LogP contribution in [-0.2, 0) is 16.1 Å². The zero-order valence-corrected chi connectivity index (χ0v) is 11.4. The van der Waals surface area contributed by atoms with E-state index in [0.717, 1.165) is 24.9 Å². The minimum Gasteiger partial charge on any atom is -0.459 e. The summed E-state index contributed by atoms with van der Waals surface area (Å²) in [4.78, 5) is 12.3. The molecule has 102 valence electrons. The number of esters is 1. The van der Waals surface area contributed by atoms with E-state index in [0.29, 0.717) is 13.0 Å². The van der Waals surface area contributed by atoms with Gasteiger partial charge in [-0.25, -0.2) is 0 Å². The van der Waals surface area contributed by atoms with Gasteiger partial charge in [-0.05, 0) is 38.3 Å². The molecule has 1 heterocycles. The maximum absolute atomic E-state index is 12.3. The largest absolute Gasteiger partial charge is 0.459 e. The molecule has 19 heavy (non-hydrogen) atoms. The van der Waals surface area contributed by atoms with Gasteiger partial charge in [0.15, 0.2) is 0 Å². The third-order valence-corrected chi connectivity index (χ3v) is 3.55. The highest BCUT2D eigenvalue weighted by atomic mass is 16.5. The SMILES string of the molecule is C/C=C/CC1(C(=O)OCc2ccccc2)CCCN1. The standard InChI is InChI=1S/C16H21NO2/c1-2-3-10-16(11-7-12-17-16)15(18)19-13-14-8-5-4-6-9-14/h2-6,8-9,17H,7,10-13H2,1H3/b3-2+. The minimum atomic E-state index is -0.513. The van der Waals surface area contributed by atoms with E-state index in [1.807, 2.05) is 49.4 Å². The normalized spacial score (nSPS) is 22.8. The first-order valence-corrected chi connectivity index (χ1v) is 6.84. The predicted molar refractivity (Wildman–Crippen MR) is 75.6 cm³/mol. The van der Waals surface area contributed by atoms with Crippen LogP contribution in [0.15, 0.2) is 42.5 Å². The zero-order valence-electron chi connectivity index (χ0n) is 11.4. The molecular weight excluding hydrogens is 238 g/mol. The first-order valence-electron chi connectivity index (χ1n) is 6.84. The van der Waals surface area contributed by atoms with Gasteiger partial charge in [0, 0.05) is 0 Å². The highest BCUT2D eigenvalue weighted by molar-refractivity contribution is 5.81. The molecule has 1 saturated heterocycles. The molecule has 1 N–H and O–H groups in total. The second-order valence-electron chi connectivity index (χ2n) is 4.95. The molecule has 1 atom stereocenters. The molecule has 3 heteroatoms. The van der Waals surface area contributed by atoms with Gasteiger partial charge in [0.1, 0.15) is 12.1 Å². The topological polar surface area (TPSA) is 38.3 Å². The molecule has 1 unspecified atom stereocenters. The molecule has 1 fully saturated rings. The van der Waals surface area contributed by atoms with Crippen LogP contribution >= 0.6 is 0 Å². The van der Waals surface area contributed by atoms with Crippen molar-refractivity contribution >= 4 is 5.97 Å². The van der Waals surface area contributed by atoms with Crippen LogP contribution in [0.4, 0.5) is 0 Å². The molecule has 0 radical (unpaired) electrons. The van der Waals surface area contributed by atoms with Gasteiger partial charge in [-0.1, -0.05) is 42.5 Å². The number of carbonyl (C=O) groups excluding carboxylic acids is 1.